The predicted octanol–water partition coefficient (Wildman–Crippen LogP) is -0.855. The Bertz CT molecular complexity index is 207. The first kappa shape index (κ1) is 8.96. The smallest absolute Gasteiger partial charge is 0.208 e. The lowest BCUT2D eigenvalue weighted by Gasteiger charge is -2.07. The van der Waals surface area contributed by atoms with Crippen molar-refractivity contribution in [3.8, 4) is 0 Å². The van der Waals surface area contributed by atoms with Gasteiger partial charge in [-0.3, -0.25) is 0 Å². The lowest BCUT2D eigenvalue weighted by molar-refractivity contribution is 0.542. The van der Waals surface area contributed by atoms with Crippen LogP contribution in [0.15, 0.2) is 0 Å². The second kappa shape index (κ2) is 3.51. The van der Waals surface area contributed by atoms with Crippen molar-refractivity contribution in [3.63, 3.8) is 0 Å². The molecule has 5 heteroatoms. The van der Waals surface area contributed by atoms with Crippen molar-refractivity contribution in [2.45, 2.75) is 6.42 Å². The Balaban J connectivity index is 2.22. The highest BCUT2D eigenvalue weighted by Crippen LogP contribution is 2.05. The summed E-state index contributed by atoms with van der Waals surface area (Å²) in [5, 5.41) is 3.17. The molecule has 0 radical (unpaired) electrons. The maximum atomic E-state index is 10.7. The van der Waals surface area contributed by atoms with E-state index in [9.17, 15) is 8.42 Å². The van der Waals surface area contributed by atoms with Crippen LogP contribution in [-0.4, -0.2) is 34.3 Å². The van der Waals surface area contributed by atoms with E-state index in [4.69, 9.17) is 0 Å². The van der Waals surface area contributed by atoms with Crippen LogP contribution in [0, 0.1) is 5.92 Å². The van der Waals surface area contributed by atoms with Crippen LogP contribution in [0.25, 0.3) is 0 Å². The molecule has 2 N–H and O–H groups in total. The van der Waals surface area contributed by atoms with Crippen molar-refractivity contribution in [1.82, 2.24) is 10.0 Å². The number of sulfonamides is 1. The van der Waals surface area contributed by atoms with Gasteiger partial charge >= 0.3 is 0 Å². The van der Waals surface area contributed by atoms with Crippen LogP contribution >= 0.6 is 0 Å². The van der Waals surface area contributed by atoms with Crippen molar-refractivity contribution in [3.05, 3.63) is 0 Å². The molecule has 66 valence electrons. The summed E-state index contributed by atoms with van der Waals surface area (Å²) in [5.41, 5.74) is 0. The number of hydrogen-bond donors (Lipinski definition) is 2. The molecular weight excluding hydrogens is 164 g/mol. The third-order valence-electron chi connectivity index (χ3n) is 1.80. The van der Waals surface area contributed by atoms with Gasteiger partial charge in [-0.2, -0.15) is 0 Å². The standard InChI is InChI=1S/C6H14N2O2S/c1-11(9,10)8-5-6-2-3-7-4-6/h6-8H,2-5H2,1H3. The Hall–Kier alpha value is -0.130. The first-order valence-electron chi connectivity index (χ1n) is 3.73. The normalized spacial score (nSPS) is 25.7. The fraction of sp³-hybridized carbons (Fsp3) is 1.00. The Morgan fingerprint density at radius 3 is 2.82 bits per heavy atom. The molecule has 0 amide bonds. The van der Waals surface area contributed by atoms with E-state index < -0.39 is 10.0 Å². The molecule has 1 saturated heterocycles. The zero-order valence-corrected chi connectivity index (χ0v) is 7.45. The molecule has 0 saturated carbocycles. The molecule has 0 aromatic carbocycles. The zero-order valence-electron chi connectivity index (χ0n) is 6.63. The van der Waals surface area contributed by atoms with E-state index in [2.05, 4.69) is 10.0 Å². The van der Waals surface area contributed by atoms with Gasteiger partial charge in [0.1, 0.15) is 0 Å². The van der Waals surface area contributed by atoms with Crippen molar-refractivity contribution in [1.29, 1.82) is 0 Å². The molecule has 1 aliphatic rings. The van der Waals surface area contributed by atoms with E-state index >= 15 is 0 Å². The highest BCUT2D eigenvalue weighted by atomic mass is 32.2. The van der Waals surface area contributed by atoms with Gasteiger partial charge in [0, 0.05) is 6.54 Å². The minimum absolute atomic E-state index is 0.477. The van der Waals surface area contributed by atoms with E-state index in [1.807, 2.05) is 0 Å². The van der Waals surface area contributed by atoms with Crippen molar-refractivity contribution < 1.29 is 8.42 Å². The molecule has 4 nitrogen and oxygen atoms in total. The van der Waals surface area contributed by atoms with Crippen LogP contribution in [-0.2, 0) is 10.0 Å². The number of hydrogen-bond acceptors (Lipinski definition) is 3. The molecule has 1 atom stereocenters. The van der Waals surface area contributed by atoms with Gasteiger partial charge in [0.25, 0.3) is 0 Å². The third kappa shape index (κ3) is 3.69. The summed E-state index contributed by atoms with van der Waals surface area (Å²) >= 11 is 0. The van der Waals surface area contributed by atoms with Crippen LogP contribution in [0.4, 0.5) is 0 Å². The molecule has 1 rings (SSSR count). The first-order valence-corrected chi connectivity index (χ1v) is 5.62. The van der Waals surface area contributed by atoms with Crippen molar-refractivity contribution in [2.75, 3.05) is 25.9 Å². The topological polar surface area (TPSA) is 58.2 Å². The minimum Gasteiger partial charge on any atom is -0.316 e. The minimum atomic E-state index is -2.99. The highest BCUT2D eigenvalue weighted by Gasteiger charge is 2.15. The quantitative estimate of drug-likeness (QED) is 0.591. The van der Waals surface area contributed by atoms with Gasteiger partial charge in [-0.1, -0.05) is 0 Å². The number of nitrogens with one attached hydrogen (secondary N) is 2. The maximum Gasteiger partial charge on any atom is 0.208 e. The van der Waals surface area contributed by atoms with Gasteiger partial charge in [0.15, 0.2) is 0 Å². The van der Waals surface area contributed by atoms with Crippen LogP contribution < -0.4 is 10.0 Å². The Morgan fingerprint density at radius 1 is 1.64 bits per heavy atom. The molecule has 0 aromatic rings. The molecule has 0 aromatic heterocycles. The van der Waals surface area contributed by atoms with Crippen molar-refractivity contribution in [2.24, 2.45) is 5.92 Å². The molecule has 1 unspecified atom stereocenters. The molecule has 11 heavy (non-hydrogen) atoms. The zero-order chi connectivity index (χ0) is 8.32. The molecule has 0 aliphatic carbocycles. The van der Waals surface area contributed by atoms with Gasteiger partial charge in [0.05, 0.1) is 6.26 Å². The monoisotopic (exact) mass is 178 g/mol. The van der Waals surface area contributed by atoms with Gasteiger partial charge in [-0.05, 0) is 25.4 Å². The average Bonchev–Trinajstić information content (AvgIpc) is 2.32. The summed E-state index contributed by atoms with van der Waals surface area (Å²) in [7, 11) is -2.99. The second-order valence-electron chi connectivity index (χ2n) is 2.98. The van der Waals surface area contributed by atoms with Crippen LogP contribution in [0.2, 0.25) is 0 Å². The third-order valence-corrected chi connectivity index (χ3v) is 2.49. The number of rotatable bonds is 3. The lowest BCUT2D eigenvalue weighted by atomic mass is 10.1. The Labute approximate surface area is 67.4 Å². The summed E-state index contributed by atoms with van der Waals surface area (Å²) < 4.78 is 23.8. The lowest BCUT2D eigenvalue weighted by Crippen LogP contribution is -2.29. The predicted molar refractivity (Wildman–Crippen MR) is 43.8 cm³/mol. The molecule has 1 fully saturated rings. The fourth-order valence-electron chi connectivity index (χ4n) is 1.16. The summed E-state index contributed by atoms with van der Waals surface area (Å²) in [6.07, 6.45) is 2.26. The maximum absolute atomic E-state index is 10.7. The average molecular weight is 178 g/mol. The van der Waals surface area contributed by atoms with Gasteiger partial charge in [-0.25, -0.2) is 13.1 Å². The van der Waals surface area contributed by atoms with Crippen LogP contribution in [0.3, 0.4) is 0 Å². The van der Waals surface area contributed by atoms with E-state index in [-0.39, 0.29) is 0 Å². The summed E-state index contributed by atoms with van der Waals surface area (Å²) in [6.45, 7) is 2.52. The Kier molecular flexibility index (Phi) is 2.86. The van der Waals surface area contributed by atoms with Crippen LogP contribution in [0.1, 0.15) is 6.42 Å². The van der Waals surface area contributed by atoms with Crippen LogP contribution in [0.5, 0.6) is 0 Å². The van der Waals surface area contributed by atoms with E-state index in [1.54, 1.807) is 0 Å². The fourth-order valence-corrected chi connectivity index (χ4v) is 1.70. The summed E-state index contributed by atoms with van der Waals surface area (Å²) in [5.74, 6) is 0.477. The molecule has 1 aliphatic heterocycles. The SMILES string of the molecule is CS(=O)(=O)NCC1CCNC1. The molecular formula is C6H14N2O2S. The van der Waals surface area contributed by atoms with E-state index in [0.29, 0.717) is 12.5 Å². The highest BCUT2D eigenvalue weighted by molar-refractivity contribution is 7.88. The Morgan fingerprint density at radius 2 is 2.36 bits per heavy atom. The summed E-state index contributed by atoms with van der Waals surface area (Å²) in [4.78, 5) is 0. The van der Waals surface area contributed by atoms with Gasteiger partial charge < -0.3 is 5.32 Å². The molecule has 1 heterocycles. The van der Waals surface area contributed by atoms with E-state index in [1.165, 1.54) is 6.26 Å². The summed E-state index contributed by atoms with van der Waals surface area (Å²) in [6, 6.07) is 0. The van der Waals surface area contributed by atoms with Gasteiger partial charge in [-0.15, -0.1) is 0 Å². The van der Waals surface area contributed by atoms with E-state index in [0.717, 1.165) is 19.5 Å². The van der Waals surface area contributed by atoms with Crippen molar-refractivity contribution >= 4 is 10.0 Å². The second-order valence-corrected chi connectivity index (χ2v) is 4.81. The largest absolute Gasteiger partial charge is 0.316 e. The first-order chi connectivity index (χ1) is 5.08. The molecule has 0 bridgehead atoms. The van der Waals surface area contributed by atoms with Gasteiger partial charge in [0.2, 0.25) is 10.0 Å². The molecule has 0 spiro atoms.